The average Bonchev–Trinajstić information content (AvgIpc) is 2.54. The molecule has 1 aromatic rings. The zero-order valence-electron chi connectivity index (χ0n) is 12.9. The van der Waals surface area contributed by atoms with Gasteiger partial charge in [0.15, 0.2) is 11.5 Å². The Bertz CT molecular complexity index is 461. The van der Waals surface area contributed by atoms with Crippen molar-refractivity contribution in [3.05, 3.63) is 24.3 Å². The Labute approximate surface area is 126 Å². The van der Waals surface area contributed by atoms with E-state index in [1.165, 1.54) is 12.8 Å². The van der Waals surface area contributed by atoms with Gasteiger partial charge in [0, 0.05) is 6.54 Å². The molecular formula is C17H25NO3. The maximum atomic E-state index is 12.2. The lowest BCUT2D eigenvalue weighted by Crippen LogP contribution is -2.45. The molecule has 0 aliphatic carbocycles. The summed E-state index contributed by atoms with van der Waals surface area (Å²) in [7, 11) is 0. The average molecular weight is 291 g/mol. The zero-order valence-corrected chi connectivity index (χ0v) is 12.9. The van der Waals surface area contributed by atoms with Gasteiger partial charge >= 0.3 is 0 Å². The second kappa shape index (κ2) is 7.91. The Kier molecular flexibility index (Phi) is 5.90. The summed E-state index contributed by atoms with van der Waals surface area (Å²) in [6.07, 6.45) is 4.11. The number of hydrogen-bond donors (Lipinski definition) is 1. The third-order valence-corrected chi connectivity index (χ3v) is 3.91. The van der Waals surface area contributed by atoms with Gasteiger partial charge in [-0.3, -0.25) is 4.79 Å². The molecule has 2 atom stereocenters. The molecule has 0 spiro atoms. The van der Waals surface area contributed by atoms with E-state index >= 15 is 0 Å². The molecule has 1 N–H and O–H groups in total. The fourth-order valence-corrected chi connectivity index (χ4v) is 2.45. The van der Waals surface area contributed by atoms with Gasteiger partial charge in [-0.25, -0.2) is 0 Å². The van der Waals surface area contributed by atoms with Crippen molar-refractivity contribution in [1.29, 1.82) is 0 Å². The molecule has 0 aromatic heterocycles. The number of amides is 1. The highest BCUT2D eigenvalue weighted by molar-refractivity contribution is 5.81. The lowest BCUT2D eigenvalue weighted by atomic mass is 9.99. The second-order valence-corrected chi connectivity index (χ2v) is 5.53. The number of carbonyl (C=O) groups excluding carboxylic acids is 1. The molecule has 116 valence electrons. The summed E-state index contributed by atoms with van der Waals surface area (Å²) in [6, 6.07) is 7.44. The number of hydrogen-bond acceptors (Lipinski definition) is 3. The molecule has 4 heteroatoms. The largest absolute Gasteiger partial charge is 0.485 e. The Balaban J connectivity index is 1.82. The van der Waals surface area contributed by atoms with Gasteiger partial charge in [-0.1, -0.05) is 45.2 Å². The highest BCUT2D eigenvalue weighted by atomic mass is 16.6. The van der Waals surface area contributed by atoms with Crippen LogP contribution in [0.5, 0.6) is 11.5 Å². The Morgan fingerprint density at radius 3 is 2.81 bits per heavy atom. The molecule has 1 aliphatic heterocycles. The van der Waals surface area contributed by atoms with Crippen molar-refractivity contribution in [2.75, 3.05) is 13.2 Å². The van der Waals surface area contributed by atoms with Crippen LogP contribution in [-0.2, 0) is 4.79 Å². The van der Waals surface area contributed by atoms with Crippen LogP contribution < -0.4 is 14.8 Å². The van der Waals surface area contributed by atoms with E-state index in [1.54, 1.807) is 0 Å². The lowest BCUT2D eigenvalue weighted by molar-refractivity contribution is -0.130. The molecule has 0 bridgehead atoms. The number of rotatable bonds is 7. The first-order valence-electron chi connectivity index (χ1n) is 7.90. The maximum absolute atomic E-state index is 12.2. The molecule has 21 heavy (non-hydrogen) atoms. The summed E-state index contributed by atoms with van der Waals surface area (Å²) in [6.45, 7) is 5.35. The van der Waals surface area contributed by atoms with E-state index in [4.69, 9.17) is 9.47 Å². The molecule has 1 heterocycles. The third-order valence-electron chi connectivity index (χ3n) is 3.91. The number of fused-ring (bicyclic) bond motifs is 1. The number of para-hydroxylation sites is 2. The van der Waals surface area contributed by atoms with Crippen LogP contribution >= 0.6 is 0 Å². The van der Waals surface area contributed by atoms with Crippen molar-refractivity contribution < 1.29 is 14.3 Å². The van der Waals surface area contributed by atoms with E-state index < -0.39 is 6.10 Å². The summed E-state index contributed by atoms with van der Waals surface area (Å²) in [4.78, 5) is 12.2. The van der Waals surface area contributed by atoms with Crippen LogP contribution in [0.4, 0.5) is 0 Å². The van der Waals surface area contributed by atoms with Gasteiger partial charge in [-0.15, -0.1) is 0 Å². The summed E-state index contributed by atoms with van der Waals surface area (Å²) in [5, 5.41) is 3.00. The fourth-order valence-electron chi connectivity index (χ4n) is 2.45. The minimum Gasteiger partial charge on any atom is -0.485 e. The quantitative estimate of drug-likeness (QED) is 0.839. The highest BCUT2D eigenvalue weighted by Gasteiger charge is 2.27. The van der Waals surface area contributed by atoms with Crippen molar-refractivity contribution in [1.82, 2.24) is 5.32 Å². The van der Waals surface area contributed by atoms with Gasteiger partial charge in [-0.05, 0) is 24.5 Å². The summed E-state index contributed by atoms with van der Waals surface area (Å²) < 4.78 is 11.3. The topological polar surface area (TPSA) is 47.6 Å². The molecule has 0 radical (unpaired) electrons. The molecule has 2 rings (SSSR count). The molecule has 1 aliphatic rings. The standard InChI is InChI=1S/C17H25NO3/c1-3-5-8-13(4-2)11-18-17(19)16-12-20-14-9-6-7-10-15(14)21-16/h6-7,9-10,13,16H,3-5,8,11-12H2,1-2H3,(H,18,19)/t13-,16-/m0/s1. The van der Waals surface area contributed by atoms with Crippen LogP contribution in [0.1, 0.15) is 39.5 Å². The van der Waals surface area contributed by atoms with E-state index in [1.807, 2.05) is 24.3 Å². The SMILES string of the molecule is CCCC[C@H](CC)CNC(=O)[C@@H]1COc2ccccc2O1. The summed E-state index contributed by atoms with van der Waals surface area (Å²) in [5.41, 5.74) is 0. The maximum Gasteiger partial charge on any atom is 0.264 e. The molecule has 1 aromatic carbocycles. The predicted octanol–water partition coefficient (Wildman–Crippen LogP) is 3.16. The van der Waals surface area contributed by atoms with E-state index in [-0.39, 0.29) is 12.5 Å². The first-order valence-corrected chi connectivity index (χ1v) is 7.90. The highest BCUT2D eigenvalue weighted by Crippen LogP contribution is 2.30. The van der Waals surface area contributed by atoms with Gasteiger partial charge in [-0.2, -0.15) is 0 Å². The Hall–Kier alpha value is -1.71. The molecular weight excluding hydrogens is 266 g/mol. The Morgan fingerprint density at radius 1 is 1.33 bits per heavy atom. The number of ether oxygens (including phenoxy) is 2. The third kappa shape index (κ3) is 4.38. The van der Waals surface area contributed by atoms with Gasteiger partial charge in [0.1, 0.15) is 6.61 Å². The van der Waals surface area contributed by atoms with Crippen LogP contribution in [-0.4, -0.2) is 25.2 Å². The van der Waals surface area contributed by atoms with Crippen molar-refractivity contribution in [2.45, 2.75) is 45.6 Å². The normalized spacial score (nSPS) is 18.1. The van der Waals surface area contributed by atoms with Gasteiger partial charge in [0.2, 0.25) is 6.10 Å². The number of carbonyl (C=O) groups is 1. The monoisotopic (exact) mass is 291 g/mol. The van der Waals surface area contributed by atoms with Gasteiger partial charge in [0.25, 0.3) is 5.91 Å². The van der Waals surface area contributed by atoms with Crippen molar-refractivity contribution >= 4 is 5.91 Å². The zero-order chi connectivity index (χ0) is 15.1. The van der Waals surface area contributed by atoms with Crippen molar-refractivity contribution in [3.63, 3.8) is 0 Å². The first-order chi connectivity index (χ1) is 10.2. The van der Waals surface area contributed by atoms with Crippen LogP contribution in [0.25, 0.3) is 0 Å². The van der Waals surface area contributed by atoms with Gasteiger partial charge in [0.05, 0.1) is 0 Å². The minimum atomic E-state index is -0.552. The van der Waals surface area contributed by atoms with E-state index in [9.17, 15) is 4.79 Å². The van der Waals surface area contributed by atoms with Crippen molar-refractivity contribution in [3.8, 4) is 11.5 Å². The van der Waals surface area contributed by atoms with E-state index in [2.05, 4.69) is 19.2 Å². The molecule has 0 saturated heterocycles. The number of nitrogens with one attached hydrogen (secondary N) is 1. The molecule has 4 nitrogen and oxygen atoms in total. The van der Waals surface area contributed by atoms with Crippen LogP contribution in [0, 0.1) is 5.92 Å². The van der Waals surface area contributed by atoms with Crippen molar-refractivity contribution in [2.24, 2.45) is 5.92 Å². The molecule has 0 fully saturated rings. The predicted molar refractivity (Wildman–Crippen MR) is 82.7 cm³/mol. The lowest BCUT2D eigenvalue weighted by Gasteiger charge is -2.26. The summed E-state index contributed by atoms with van der Waals surface area (Å²) in [5.74, 6) is 1.81. The molecule has 0 saturated carbocycles. The van der Waals surface area contributed by atoms with Gasteiger partial charge < -0.3 is 14.8 Å². The number of unbranched alkanes of at least 4 members (excludes halogenated alkanes) is 1. The molecule has 0 unspecified atom stereocenters. The van der Waals surface area contributed by atoms with Crippen LogP contribution in [0.2, 0.25) is 0 Å². The summed E-state index contributed by atoms with van der Waals surface area (Å²) >= 11 is 0. The fraction of sp³-hybridized carbons (Fsp3) is 0.588. The minimum absolute atomic E-state index is 0.0838. The number of benzene rings is 1. The van der Waals surface area contributed by atoms with Crippen LogP contribution in [0.3, 0.4) is 0 Å². The second-order valence-electron chi connectivity index (χ2n) is 5.53. The van der Waals surface area contributed by atoms with E-state index in [0.717, 1.165) is 19.4 Å². The molecule has 1 amide bonds. The smallest absolute Gasteiger partial charge is 0.264 e. The first kappa shape index (κ1) is 15.7. The van der Waals surface area contributed by atoms with Crippen LogP contribution in [0.15, 0.2) is 24.3 Å². The van der Waals surface area contributed by atoms with E-state index in [0.29, 0.717) is 17.4 Å². The Morgan fingerprint density at radius 2 is 2.10 bits per heavy atom.